The van der Waals surface area contributed by atoms with Crippen LogP contribution < -0.4 is 10.5 Å². The number of methoxy groups -OCH3 is 1. The number of hydrogen-bond acceptors (Lipinski definition) is 3. The number of thiocarbonyl (C=S) groups is 1. The lowest BCUT2D eigenvalue weighted by molar-refractivity contribution is 0.117. The maximum Gasteiger partial charge on any atom is 0.119 e. The Kier molecular flexibility index (Phi) is 6.58. The molecule has 1 aromatic rings. The molecule has 17 heavy (non-hydrogen) atoms. The summed E-state index contributed by atoms with van der Waals surface area (Å²) in [5.74, 6) is 0.861. The Morgan fingerprint density at radius 3 is 2.88 bits per heavy atom. The van der Waals surface area contributed by atoms with Crippen LogP contribution in [0.25, 0.3) is 0 Å². The van der Waals surface area contributed by atoms with Gasteiger partial charge in [0.1, 0.15) is 5.75 Å². The SMILES string of the molecule is COc1cccc(COCCCCC(N)=S)c1. The van der Waals surface area contributed by atoms with Gasteiger partial charge >= 0.3 is 0 Å². The van der Waals surface area contributed by atoms with E-state index in [1.54, 1.807) is 7.11 Å². The standard InChI is InChI=1S/C13H19NO2S/c1-15-12-6-4-5-11(9-12)10-16-8-3-2-7-13(14)17/h4-6,9H,2-3,7-8,10H2,1H3,(H2,14,17). The van der Waals surface area contributed by atoms with Crippen molar-refractivity contribution in [3.63, 3.8) is 0 Å². The highest BCUT2D eigenvalue weighted by atomic mass is 32.1. The smallest absolute Gasteiger partial charge is 0.119 e. The molecule has 4 heteroatoms. The Balaban J connectivity index is 2.15. The first-order valence-electron chi connectivity index (χ1n) is 5.71. The number of ether oxygens (including phenoxy) is 2. The van der Waals surface area contributed by atoms with Crippen molar-refractivity contribution in [1.82, 2.24) is 0 Å². The lowest BCUT2D eigenvalue weighted by Crippen LogP contribution is -2.07. The molecule has 1 rings (SSSR count). The van der Waals surface area contributed by atoms with Crippen molar-refractivity contribution in [3.8, 4) is 5.75 Å². The molecule has 0 heterocycles. The molecular formula is C13H19NO2S. The third-order valence-electron chi connectivity index (χ3n) is 2.36. The summed E-state index contributed by atoms with van der Waals surface area (Å²) in [5.41, 5.74) is 6.53. The minimum Gasteiger partial charge on any atom is -0.497 e. The Morgan fingerprint density at radius 2 is 2.18 bits per heavy atom. The monoisotopic (exact) mass is 253 g/mol. The second-order valence-corrected chi connectivity index (χ2v) is 4.35. The van der Waals surface area contributed by atoms with Gasteiger partial charge in [-0.25, -0.2) is 0 Å². The van der Waals surface area contributed by atoms with E-state index in [0.29, 0.717) is 11.6 Å². The van der Waals surface area contributed by atoms with Crippen LogP contribution in [0.1, 0.15) is 24.8 Å². The average molecular weight is 253 g/mol. The van der Waals surface area contributed by atoms with Crippen molar-refractivity contribution < 1.29 is 9.47 Å². The highest BCUT2D eigenvalue weighted by Gasteiger charge is 1.96. The van der Waals surface area contributed by atoms with Gasteiger partial charge in [0.05, 0.1) is 18.7 Å². The van der Waals surface area contributed by atoms with Crippen molar-refractivity contribution in [2.24, 2.45) is 5.73 Å². The molecule has 1 aromatic carbocycles. The zero-order valence-corrected chi connectivity index (χ0v) is 11.0. The van der Waals surface area contributed by atoms with Crippen LogP contribution >= 0.6 is 12.2 Å². The van der Waals surface area contributed by atoms with Gasteiger partial charge in [-0.1, -0.05) is 24.4 Å². The molecule has 0 unspecified atom stereocenters. The third-order valence-corrected chi connectivity index (χ3v) is 2.57. The van der Waals surface area contributed by atoms with E-state index in [2.05, 4.69) is 0 Å². The van der Waals surface area contributed by atoms with Gasteiger partial charge in [0.25, 0.3) is 0 Å². The Hall–Kier alpha value is -1.13. The first-order chi connectivity index (χ1) is 8.22. The van der Waals surface area contributed by atoms with Gasteiger partial charge in [-0.3, -0.25) is 0 Å². The largest absolute Gasteiger partial charge is 0.497 e. The number of nitrogens with two attached hydrogens (primary N) is 1. The first kappa shape index (κ1) is 13.9. The molecule has 0 saturated carbocycles. The van der Waals surface area contributed by atoms with E-state index in [0.717, 1.165) is 37.2 Å². The molecule has 0 atom stereocenters. The predicted molar refractivity (Wildman–Crippen MR) is 73.3 cm³/mol. The summed E-state index contributed by atoms with van der Waals surface area (Å²) in [6.45, 7) is 1.35. The van der Waals surface area contributed by atoms with Gasteiger partial charge in [-0.2, -0.15) is 0 Å². The fourth-order valence-corrected chi connectivity index (χ4v) is 1.60. The van der Waals surface area contributed by atoms with Crippen LogP contribution in [0.2, 0.25) is 0 Å². The van der Waals surface area contributed by atoms with Crippen LogP contribution in [-0.2, 0) is 11.3 Å². The van der Waals surface area contributed by atoms with Gasteiger partial charge in [0, 0.05) is 6.61 Å². The molecule has 0 radical (unpaired) electrons. The minimum atomic E-state index is 0.581. The minimum absolute atomic E-state index is 0.581. The van der Waals surface area contributed by atoms with Gasteiger partial charge in [-0.05, 0) is 37.0 Å². The van der Waals surface area contributed by atoms with Gasteiger partial charge in [0.15, 0.2) is 0 Å². The molecule has 0 aliphatic rings. The number of benzene rings is 1. The molecular weight excluding hydrogens is 234 g/mol. The summed E-state index contributed by atoms with van der Waals surface area (Å²) < 4.78 is 10.7. The maximum absolute atomic E-state index is 5.56. The summed E-state index contributed by atoms with van der Waals surface area (Å²) in [4.78, 5) is 0.581. The van der Waals surface area contributed by atoms with E-state index >= 15 is 0 Å². The molecule has 0 amide bonds. The fourth-order valence-electron chi connectivity index (χ4n) is 1.46. The molecule has 3 nitrogen and oxygen atoms in total. The molecule has 0 saturated heterocycles. The molecule has 2 N–H and O–H groups in total. The summed E-state index contributed by atoms with van der Waals surface area (Å²) in [6.07, 6.45) is 2.78. The summed E-state index contributed by atoms with van der Waals surface area (Å²) in [6, 6.07) is 7.89. The zero-order valence-electron chi connectivity index (χ0n) is 10.1. The third kappa shape index (κ3) is 6.24. The molecule has 0 spiro atoms. The van der Waals surface area contributed by atoms with E-state index < -0.39 is 0 Å². The highest BCUT2D eigenvalue weighted by Crippen LogP contribution is 2.13. The molecule has 0 aromatic heterocycles. The zero-order chi connectivity index (χ0) is 12.5. The first-order valence-corrected chi connectivity index (χ1v) is 6.12. The van der Waals surface area contributed by atoms with Crippen LogP contribution in [-0.4, -0.2) is 18.7 Å². The normalized spacial score (nSPS) is 10.2. The van der Waals surface area contributed by atoms with E-state index in [1.165, 1.54) is 0 Å². The number of hydrogen-bond donors (Lipinski definition) is 1. The summed E-state index contributed by atoms with van der Waals surface area (Å²) in [7, 11) is 1.66. The Bertz CT molecular complexity index is 355. The maximum atomic E-state index is 5.56. The van der Waals surface area contributed by atoms with Crippen LogP contribution in [0.3, 0.4) is 0 Å². The molecule has 94 valence electrons. The van der Waals surface area contributed by atoms with Crippen molar-refractivity contribution in [2.75, 3.05) is 13.7 Å². The predicted octanol–water partition coefficient (Wildman–Crippen LogP) is 2.67. The van der Waals surface area contributed by atoms with E-state index in [4.69, 9.17) is 27.4 Å². The van der Waals surface area contributed by atoms with Crippen LogP contribution in [0.5, 0.6) is 5.75 Å². The van der Waals surface area contributed by atoms with Crippen LogP contribution in [0.4, 0.5) is 0 Å². The summed E-state index contributed by atoms with van der Waals surface area (Å²) >= 11 is 4.80. The highest BCUT2D eigenvalue weighted by molar-refractivity contribution is 7.80. The number of unbranched alkanes of at least 4 members (excludes halogenated alkanes) is 1. The average Bonchev–Trinajstić information content (AvgIpc) is 2.33. The van der Waals surface area contributed by atoms with Crippen molar-refractivity contribution in [2.45, 2.75) is 25.9 Å². The molecule has 0 bridgehead atoms. The molecule has 0 aliphatic carbocycles. The van der Waals surface area contributed by atoms with E-state index in [9.17, 15) is 0 Å². The van der Waals surface area contributed by atoms with Crippen molar-refractivity contribution >= 4 is 17.2 Å². The Morgan fingerprint density at radius 1 is 1.35 bits per heavy atom. The summed E-state index contributed by atoms with van der Waals surface area (Å²) in [5, 5.41) is 0. The van der Waals surface area contributed by atoms with E-state index in [-0.39, 0.29) is 0 Å². The topological polar surface area (TPSA) is 44.5 Å². The van der Waals surface area contributed by atoms with Gasteiger partial charge in [0.2, 0.25) is 0 Å². The number of rotatable bonds is 8. The second-order valence-electron chi connectivity index (χ2n) is 3.83. The van der Waals surface area contributed by atoms with Gasteiger partial charge in [-0.15, -0.1) is 0 Å². The van der Waals surface area contributed by atoms with Crippen LogP contribution in [0, 0.1) is 0 Å². The van der Waals surface area contributed by atoms with Crippen LogP contribution in [0.15, 0.2) is 24.3 Å². The Labute approximate surface area is 108 Å². The van der Waals surface area contributed by atoms with E-state index in [1.807, 2.05) is 24.3 Å². The van der Waals surface area contributed by atoms with Crippen molar-refractivity contribution in [1.29, 1.82) is 0 Å². The fraction of sp³-hybridized carbons (Fsp3) is 0.462. The van der Waals surface area contributed by atoms with Gasteiger partial charge < -0.3 is 15.2 Å². The molecule has 0 fully saturated rings. The molecule has 0 aliphatic heterocycles. The quantitative estimate of drug-likeness (QED) is 0.571. The lowest BCUT2D eigenvalue weighted by Gasteiger charge is -2.06. The second kappa shape index (κ2) is 8.03. The lowest BCUT2D eigenvalue weighted by atomic mass is 10.2. The van der Waals surface area contributed by atoms with Crippen molar-refractivity contribution in [3.05, 3.63) is 29.8 Å².